The zero-order valence-corrected chi connectivity index (χ0v) is 19.2. The molecule has 2 aromatic rings. The normalized spacial score (nSPS) is 14.7. The summed E-state index contributed by atoms with van der Waals surface area (Å²) in [6.07, 6.45) is 0.879. The van der Waals surface area contributed by atoms with E-state index in [9.17, 15) is 0 Å². The molecule has 0 amide bonds. The molecule has 8 nitrogen and oxygen atoms in total. The van der Waals surface area contributed by atoms with Crippen LogP contribution in [0.15, 0.2) is 23.2 Å². The number of nitrogens with zero attached hydrogens (tertiary/aromatic N) is 5. The Labute approximate surface area is 183 Å². The van der Waals surface area contributed by atoms with E-state index in [4.69, 9.17) is 14.5 Å². The molecule has 1 aliphatic rings. The summed E-state index contributed by atoms with van der Waals surface area (Å²) in [5, 5.41) is 4.45. The molecule has 1 aromatic heterocycles. The van der Waals surface area contributed by atoms with Crippen molar-refractivity contribution in [3.63, 3.8) is 0 Å². The highest BCUT2D eigenvalue weighted by Gasteiger charge is 2.22. The maximum absolute atomic E-state index is 5.69. The van der Waals surface area contributed by atoms with E-state index >= 15 is 0 Å². The minimum Gasteiger partial charge on any atom is -0.493 e. The molecule has 164 valence electrons. The van der Waals surface area contributed by atoms with Crippen LogP contribution in [0.3, 0.4) is 0 Å². The molecule has 1 aliphatic heterocycles. The van der Waals surface area contributed by atoms with Crippen LogP contribution in [0.25, 0.3) is 0 Å². The molecule has 0 spiro atoms. The zero-order chi connectivity index (χ0) is 21.3. The Morgan fingerprint density at radius 2 is 1.97 bits per heavy atom. The third kappa shape index (κ3) is 5.53. The fourth-order valence-electron chi connectivity index (χ4n) is 3.31. The molecule has 1 saturated heterocycles. The van der Waals surface area contributed by atoms with Crippen LogP contribution in [0.1, 0.15) is 32.2 Å². The Bertz CT molecular complexity index is 833. The van der Waals surface area contributed by atoms with Crippen LogP contribution in [0.2, 0.25) is 0 Å². The molecule has 2 heterocycles. The van der Waals surface area contributed by atoms with E-state index in [1.807, 2.05) is 25.1 Å². The monoisotopic (exact) mass is 432 g/mol. The Kier molecular flexibility index (Phi) is 8.12. The van der Waals surface area contributed by atoms with Gasteiger partial charge in [-0.3, -0.25) is 0 Å². The van der Waals surface area contributed by atoms with Gasteiger partial charge in [-0.1, -0.05) is 13.0 Å². The van der Waals surface area contributed by atoms with Gasteiger partial charge in [0.2, 0.25) is 5.13 Å². The fraction of sp³-hybridized carbons (Fsp3) is 0.571. The Balaban J connectivity index is 1.64. The molecule has 0 radical (unpaired) electrons. The van der Waals surface area contributed by atoms with Crippen molar-refractivity contribution in [3.05, 3.63) is 29.6 Å². The van der Waals surface area contributed by atoms with Crippen LogP contribution in [0.4, 0.5) is 5.13 Å². The summed E-state index contributed by atoms with van der Waals surface area (Å²) in [5.41, 5.74) is 1.09. The van der Waals surface area contributed by atoms with Crippen molar-refractivity contribution in [2.45, 2.75) is 33.7 Å². The number of benzene rings is 1. The van der Waals surface area contributed by atoms with E-state index < -0.39 is 0 Å². The first-order chi connectivity index (χ1) is 14.7. The van der Waals surface area contributed by atoms with Gasteiger partial charge in [-0.2, -0.15) is 4.37 Å². The van der Waals surface area contributed by atoms with Crippen LogP contribution >= 0.6 is 11.5 Å². The van der Waals surface area contributed by atoms with E-state index in [0.717, 1.165) is 73.1 Å². The first-order valence-corrected chi connectivity index (χ1v) is 11.4. The van der Waals surface area contributed by atoms with Crippen molar-refractivity contribution in [2.24, 2.45) is 4.99 Å². The largest absolute Gasteiger partial charge is 0.493 e. The smallest absolute Gasteiger partial charge is 0.205 e. The van der Waals surface area contributed by atoms with E-state index in [-0.39, 0.29) is 0 Å². The van der Waals surface area contributed by atoms with E-state index in [0.29, 0.717) is 13.2 Å². The van der Waals surface area contributed by atoms with E-state index in [1.54, 1.807) is 7.11 Å². The predicted molar refractivity (Wildman–Crippen MR) is 122 cm³/mol. The summed E-state index contributed by atoms with van der Waals surface area (Å²) in [6, 6.07) is 5.98. The lowest BCUT2D eigenvalue weighted by atomic mass is 10.2. The first kappa shape index (κ1) is 22.1. The molecule has 30 heavy (non-hydrogen) atoms. The van der Waals surface area contributed by atoms with E-state index in [2.05, 4.69) is 38.3 Å². The van der Waals surface area contributed by atoms with E-state index in [1.165, 1.54) is 11.5 Å². The quantitative estimate of drug-likeness (QED) is 0.508. The minimum absolute atomic E-state index is 0.586. The fourth-order valence-corrected chi connectivity index (χ4v) is 4.11. The number of guanidine groups is 1. The molecule has 1 aromatic carbocycles. The Morgan fingerprint density at radius 1 is 1.17 bits per heavy atom. The molecular weight excluding hydrogens is 400 g/mol. The molecule has 0 bridgehead atoms. The predicted octanol–water partition coefficient (Wildman–Crippen LogP) is 2.80. The second-order valence-electron chi connectivity index (χ2n) is 6.91. The highest BCUT2D eigenvalue weighted by Crippen LogP contribution is 2.28. The number of rotatable bonds is 8. The molecule has 0 aliphatic carbocycles. The SMILES string of the molecule is CCNC(=NCc1ccc(OC)c(OCC)c1)N1CCN(c2nc(CC)ns2)CC1. The zero-order valence-electron chi connectivity index (χ0n) is 18.3. The Morgan fingerprint density at radius 3 is 2.60 bits per heavy atom. The number of methoxy groups -OCH3 is 1. The summed E-state index contributed by atoms with van der Waals surface area (Å²) >= 11 is 1.49. The molecular formula is C21H32N6O2S. The van der Waals surface area contributed by atoms with Crippen molar-refractivity contribution in [2.75, 3.05) is 51.3 Å². The molecule has 9 heteroatoms. The minimum atomic E-state index is 0.586. The van der Waals surface area contributed by atoms with Gasteiger partial charge in [-0.15, -0.1) is 0 Å². The lowest BCUT2D eigenvalue weighted by molar-refractivity contribution is 0.310. The van der Waals surface area contributed by atoms with Crippen LogP contribution in [-0.2, 0) is 13.0 Å². The Hall–Kier alpha value is -2.55. The summed E-state index contributed by atoms with van der Waals surface area (Å²) in [4.78, 5) is 14.1. The van der Waals surface area contributed by atoms with Crippen LogP contribution in [-0.4, -0.2) is 66.7 Å². The molecule has 3 rings (SSSR count). The van der Waals surface area contributed by atoms with Gasteiger partial charge < -0.3 is 24.6 Å². The number of piperazine rings is 1. The number of aromatic nitrogens is 2. The lowest BCUT2D eigenvalue weighted by Crippen LogP contribution is -2.52. The van der Waals surface area contributed by atoms with Crippen LogP contribution in [0, 0.1) is 0 Å². The molecule has 0 atom stereocenters. The van der Waals surface area contributed by atoms with Crippen molar-refractivity contribution < 1.29 is 9.47 Å². The average Bonchev–Trinajstić information content (AvgIpc) is 3.26. The van der Waals surface area contributed by atoms with Gasteiger partial charge in [-0.25, -0.2) is 9.98 Å². The van der Waals surface area contributed by atoms with Gasteiger partial charge >= 0.3 is 0 Å². The average molecular weight is 433 g/mol. The third-order valence-electron chi connectivity index (χ3n) is 4.90. The molecule has 1 fully saturated rings. The number of hydrogen-bond acceptors (Lipinski definition) is 7. The standard InChI is InChI=1S/C21H32N6O2S/c1-5-19-24-21(30-25-19)27-12-10-26(11-13-27)20(22-6-2)23-15-16-8-9-17(28-4)18(14-16)29-7-3/h8-9,14H,5-7,10-13,15H2,1-4H3,(H,22,23). The summed E-state index contributed by atoms with van der Waals surface area (Å²) < 4.78 is 15.5. The third-order valence-corrected chi connectivity index (χ3v) is 5.71. The lowest BCUT2D eigenvalue weighted by Gasteiger charge is -2.36. The van der Waals surface area contributed by atoms with Crippen LogP contribution < -0.4 is 19.7 Å². The van der Waals surface area contributed by atoms with Gasteiger partial charge in [0, 0.05) is 50.7 Å². The van der Waals surface area contributed by atoms with Gasteiger partial charge in [0.25, 0.3) is 0 Å². The number of hydrogen-bond donors (Lipinski definition) is 1. The molecule has 1 N–H and O–H groups in total. The van der Waals surface area contributed by atoms with Crippen molar-refractivity contribution in [1.82, 2.24) is 19.6 Å². The molecule has 0 unspecified atom stereocenters. The van der Waals surface area contributed by atoms with Gasteiger partial charge in [0.15, 0.2) is 17.5 Å². The number of ether oxygens (including phenoxy) is 2. The maximum atomic E-state index is 5.69. The van der Waals surface area contributed by atoms with Crippen LogP contribution in [0.5, 0.6) is 11.5 Å². The van der Waals surface area contributed by atoms with Gasteiger partial charge in [-0.05, 0) is 31.5 Å². The number of aliphatic imine (C=N–C) groups is 1. The topological polar surface area (TPSA) is 75.1 Å². The van der Waals surface area contributed by atoms with Crippen molar-refractivity contribution in [1.29, 1.82) is 0 Å². The maximum Gasteiger partial charge on any atom is 0.205 e. The number of anilines is 1. The summed E-state index contributed by atoms with van der Waals surface area (Å²) in [5.74, 6) is 3.38. The summed E-state index contributed by atoms with van der Waals surface area (Å²) in [6.45, 7) is 11.8. The van der Waals surface area contributed by atoms with Gasteiger partial charge in [0.05, 0.1) is 20.3 Å². The summed E-state index contributed by atoms with van der Waals surface area (Å²) in [7, 11) is 1.66. The highest BCUT2D eigenvalue weighted by atomic mass is 32.1. The number of nitrogens with one attached hydrogen (secondary N) is 1. The van der Waals surface area contributed by atoms with Crippen molar-refractivity contribution in [3.8, 4) is 11.5 Å². The first-order valence-electron chi connectivity index (χ1n) is 10.6. The molecule has 0 saturated carbocycles. The van der Waals surface area contributed by atoms with Crippen molar-refractivity contribution >= 4 is 22.6 Å². The highest BCUT2D eigenvalue weighted by molar-refractivity contribution is 7.09. The van der Waals surface area contributed by atoms with Gasteiger partial charge in [0.1, 0.15) is 5.82 Å². The second kappa shape index (κ2) is 11.0. The number of aryl methyl sites for hydroxylation is 1. The second-order valence-corrected chi connectivity index (χ2v) is 7.64.